The van der Waals surface area contributed by atoms with E-state index in [1.807, 2.05) is 4.90 Å². The molecule has 1 aliphatic rings. The Hall–Kier alpha value is -1.69. The molecule has 0 bridgehead atoms. The zero-order valence-corrected chi connectivity index (χ0v) is 10.8. The number of carbonyl (C=O) groups is 1. The molecule has 1 saturated heterocycles. The average Bonchev–Trinajstić information content (AvgIpc) is 2.40. The highest BCUT2D eigenvalue weighted by Crippen LogP contribution is 2.17. The van der Waals surface area contributed by atoms with Gasteiger partial charge >= 0.3 is 5.97 Å². The van der Waals surface area contributed by atoms with Crippen LogP contribution in [0.15, 0.2) is 18.3 Å². The third kappa shape index (κ3) is 3.89. The minimum atomic E-state index is -0.755. The maximum absolute atomic E-state index is 13.6. The van der Waals surface area contributed by atoms with Crippen LogP contribution in [0.5, 0.6) is 0 Å². The van der Waals surface area contributed by atoms with Crippen LogP contribution in [-0.2, 0) is 4.79 Å². The highest BCUT2D eigenvalue weighted by molar-refractivity contribution is 5.66. The monoisotopic (exact) mass is 267 g/mol. The van der Waals surface area contributed by atoms with Crippen LogP contribution in [0.25, 0.3) is 0 Å². The van der Waals surface area contributed by atoms with Crippen LogP contribution in [-0.4, -0.2) is 53.7 Å². The molecule has 0 amide bonds. The topological polar surface area (TPSA) is 56.7 Å². The molecule has 2 rings (SSSR count). The summed E-state index contributed by atoms with van der Waals surface area (Å²) in [5.41, 5.74) is 0. The molecule has 1 aromatic heterocycles. The first-order chi connectivity index (χ1) is 9.16. The molecule has 1 aromatic rings. The molecular weight excluding hydrogens is 249 g/mol. The van der Waals surface area contributed by atoms with Gasteiger partial charge in [0, 0.05) is 38.8 Å². The summed E-state index contributed by atoms with van der Waals surface area (Å²) >= 11 is 0. The Morgan fingerprint density at radius 2 is 2.11 bits per heavy atom. The lowest BCUT2D eigenvalue weighted by Gasteiger charge is -2.35. The van der Waals surface area contributed by atoms with E-state index in [0.717, 1.165) is 32.7 Å². The molecule has 1 N–H and O–H groups in total. The van der Waals surface area contributed by atoms with Gasteiger partial charge in [-0.15, -0.1) is 0 Å². The zero-order valence-electron chi connectivity index (χ0n) is 10.8. The summed E-state index contributed by atoms with van der Waals surface area (Å²) in [6.07, 6.45) is 2.46. The van der Waals surface area contributed by atoms with Crippen molar-refractivity contribution in [3.8, 4) is 0 Å². The van der Waals surface area contributed by atoms with Crippen LogP contribution in [0.3, 0.4) is 0 Å². The number of carboxylic acid groups (broad SMARTS) is 1. The lowest BCUT2D eigenvalue weighted by atomic mass is 10.2. The number of hydrogen-bond donors (Lipinski definition) is 1. The quantitative estimate of drug-likeness (QED) is 0.869. The first-order valence-corrected chi connectivity index (χ1v) is 6.46. The van der Waals surface area contributed by atoms with Gasteiger partial charge in [-0.05, 0) is 25.1 Å². The number of nitrogens with zero attached hydrogens (tertiary/aromatic N) is 3. The predicted octanol–water partition coefficient (Wildman–Crippen LogP) is 1.21. The standard InChI is InChI=1S/C13H18FN3O2/c14-11-3-1-5-15-13(11)17-9-7-16(8-10-17)6-2-4-12(18)19/h1,3,5H,2,4,6-10H2,(H,18,19). The Balaban J connectivity index is 1.79. The van der Waals surface area contributed by atoms with Gasteiger partial charge in [0.2, 0.25) is 0 Å². The molecule has 0 atom stereocenters. The van der Waals surface area contributed by atoms with Crippen LogP contribution < -0.4 is 4.90 Å². The second-order valence-electron chi connectivity index (χ2n) is 4.63. The fraction of sp³-hybridized carbons (Fsp3) is 0.538. The Kier molecular flexibility index (Phi) is 4.68. The molecule has 104 valence electrons. The SMILES string of the molecule is O=C(O)CCCN1CCN(c2ncccc2F)CC1. The molecular formula is C13H18FN3O2. The summed E-state index contributed by atoms with van der Waals surface area (Å²) in [6, 6.07) is 3.00. The number of aromatic nitrogens is 1. The van der Waals surface area contributed by atoms with Gasteiger partial charge in [0.1, 0.15) is 0 Å². The van der Waals surface area contributed by atoms with E-state index < -0.39 is 5.97 Å². The molecule has 0 unspecified atom stereocenters. The number of halogens is 1. The Morgan fingerprint density at radius 3 is 2.74 bits per heavy atom. The van der Waals surface area contributed by atoms with E-state index >= 15 is 0 Å². The number of rotatable bonds is 5. The second-order valence-corrected chi connectivity index (χ2v) is 4.63. The van der Waals surface area contributed by atoms with Crippen molar-refractivity contribution in [2.24, 2.45) is 0 Å². The third-order valence-corrected chi connectivity index (χ3v) is 3.28. The van der Waals surface area contributed by atoms with Crippen LogP contribution >= 0.6 is 0 Å². The fourth-order valence-electron chi connectivity index (χ4n) is 2.25. The summed E-state index contributed by atoms with van der Waals surface area (Å²) in [5.74, 6) is -0.635. The molecule has 0 spiro atoms. The predicted molar refractivity (Wildman–Crippen MR) is 69.7 cm³/mol. The largest absolute Gasteiger partial charge is 0.481 e. The van der Waals surface area contributed by atoms with Crippen molar-refractivity contribution in [2.75, 3.05) is 37.6 Å². The van der Waals surface area contributed by atoms with Gasteiger partial charge in [-0.25, -0.2) is 9.37 Å². The molecule has 0 saturated carbocycles. The molecule has 6 heteroatoms. The van der Waals surface area contributed by atoms with Crippen molar-refractivity contribution in [1.29, 1.82) is 0 Å². The molecule has 2 heterocycles. The summed E-state index contributed by atoms with van der Waals surface area (Å²) in [4.78, 5) is 18.6. The number of hydrogen-bond acceptors (Lipinski definition) is 4. The van der Waals surface area contributed by atoms with Crippen LogP contribution in [0.4, 0.5) is 10.2 Å². The summed E-state index contributed by atoms with van der Waals surface area (Å²) < 4.78 is 13.6. The van der Waals surface area contributed by atoms with Crippen molar-refractivity contribution in [3.05, 3.63) is 24.1 Å². The zero-order chi connectivity index (χ0) is 13.7. The number of anilines is 1. The Labute approximate surface area is 111 Å². The molecule has 1 aliphatic heterocycles. The van der Waals surface area contributed by atoms with E-state index in [9.17, 15) is 9.18 Å². The number of aliphatic carboxylic acids is 1. The fourth-order valence-corrected chi connectivity index (χ4v) is 2.25. The van der Waals surface area contributed by atoms with Crippen molar-refractivity contribution >= 4 is 11.8 Å². The number of piperazine rings is 1. The highest BCUT2D eigenvalue weighted by atomic mass is 19.1. The van der Waals surface area contributed by atoms with Crippen molar-refractivity contribution in [3.63, 3.8) is 0 Å². The first-order valence-electron chi connectivity index (χ1n) is 6.46. The molecule has 0 radical (unpaired) electrons. The normalized spacial score (nSPS) is 16.6. The van der Waals surface area contributed by atoms with Gasteiger partial charge in [0.25, 0.3) is 0 Å². The van der Waals surface area contributed by atoms with E-state index in [1.54, 1.807) is 12.3 Å². The number of carboxylic acids is 1. The lowest BCUT2D eigenvalue weighted by Crippen LogP contribution is -2.47. The van der Waals surface area contributed by atoms with Crippen molar-refractivity contribution in [2.45, 2.75) is 12.8 Å². The smallest absolute Gasteiger partial charge is 0.303 e. The van der Waals surface area contributed by atoms with Crippen molar-refractivity contribution < 1.29 is 14.3 Å². The van der Waals surface area contributed by atoms with Crippen LogP contribution in [0, 0.1) is 5.82 Å². The molecule has 19 heavy (non-hydrogen) atoms. The van der Waals surface area contributed by atoms with E-state index in [0.29, 0.717) is 12.2 Å². The van der Waals surface area contributed by atoms with E-state index in [1.165, 1.54) is 6.07 Å². The molecule has 1 fully saturated rings. The molecule has 0 aliphatic carbocycles. The van der Waals surface area contributed by atoms with E-state index in [2.05, 4.69) is 9.88 Å². The summed E-state index contributed by atoms with van der Waals surface area (Å²) in [6.45, 7) is 3.86. The third-order valence-electron chi connectivity index (χ3n) is 3.28. The maximum atomic E-state index is 13.6. The van der Waals surface area contributed by atoms with Crippen LogP contribution in [0.1, 0.15) is 12.8 Å². The van der Waals surface area contributed by atoms with E-state index in [-0.39, 0.29) is 12.2 Å². The second kappa shape index (κ2) is 6.47. The van der Waals surface area contributed by atoms with Gasteiger partial charge in [-0.2, -0.15) is 0 Å². The van der Waals surface area contributed by atoms with Gasteiger partial charge in [0.05, 0.1) is 0 Å². The highest BCUT2D eigenvalue weighted by Gasteiger charge is 2.19. The maximum Gasteiger partial charge on any atom is 0.303 e. The molecule has 5 nitrogen and oxygen atoms in total. The minimum absolute atomic E-state index is 0.203. The first kappa shape index (κ1) is 13.7. The lowest BCUT2D eigenvalue weighted by molar-refractivity contribution is -0.137. The van der Waals surface area contributed by atoms with Gasteiger partial charge < -0.3 is 10.0 Å². The Bertz CT molecular complexity index is 434. The van der Waals surface area contributed by atoms with E-state index in [4.69, 9.17) is 5.11 Å². The van der Waals surface area contributed by atoms with Gasteiger partial charge in [-0.1, -0.05) is 0 Å². The summed E-state index contributed by atoms with van der Waals surface area (Å²) in [7, 11) is 0. The number of pyridine rings is 1. The van der Waals surface area contributed by atoms with Gasteiger partial charge in [-0.3, -0.25) is 9.69 Å². The average molecular weight is 267 g/mol. The minimum Gasteiger partial charge on any atom is -0.481 e. The molecule has 0 aromatic carbocycles. The Morgan fingerprint density at radius 1 is 1.37 bits per heavy atom. The van der Waals surface area contributed by atoms with Crippen molar-refractivity contribution in [1.82, 2.24) is 9.88 Å². The van der Waals surface area contributed by atoms with Gasteiger partial charge in [0.15, 0.2) is 11.6 Å². The summed E-state index contributed by atoms with van der Waals surface area (Å²) in [5, 5.41) is 8.59. The van der Waals surface area contributed by atoms with Crippen LogP contribution in [0.2, 0.25) is 0 Å².